The molecule has 0 aliphatic heterocycles. The number of hydrogen-bond acceptors (Lipinski definition) is 4. The van der Waals surface area contributed by atoms with E-state index >= 15 is 0 Å². The summed E-state index contributed by atoms with van der Waals surface area (Å²) in [6, 6.07) is 0.791. The standard InChI is InChI=1S/C10H21O4Si/c1-6-10(8-15(11-4)12-5)14-9(3)13-7-2/h7,9-10H,2,6,8H2,1,3-5H3. The van der Waals surface area contributed by atoms with E-state index in [1.165, 1.54) is 6.26 Å². The van der Waals surface area contributed by atoms with Gasteiger partial charge in [-0.15, -0.1) is 0 Å². The van der Waals surface area contributed by atoms with Gasteiger partial charge >= 0.3 is 9.28 Å². The Balaban J connectivity index is 3.95. The highest BCUT2D eigenvalue weighted by molar-refractivity contribution is 6.44. The second kappa shape index (κ2) is 8.91. The van der Waals surface area contributed by atoms with Gasteiger partial charge < -0.3 is 18.3 Å². The topological polar surface area (TPSA) is 36.9 Å². The maximum Gasteiger partial charge on any atom is 0.386 e. The molecule has 0 N–H and O–H groups in total. The molecule has 0 amide bonds. The molecule has 0 fully saturated rings. The minimum atomic E-state index is -1.20. The van der Waals surface area contributed by atoms with Crippen LogP contribution in [-0.4, -0.2) is 35.9 Å². The van der Waals surface area contributed by atoms with Crippen LogP contribution in [0.4, 0.5) is 0 Å². The number of rotatable bonds is 9. The van der Waals surface area contributed by atoms with Crippen molar-refractivity contribution in [2.24, 2.45) is 0 Å². The Morgan fingerprint density at radius 1 is 1.33 bits per heavy atom. The molecular formula is C10H21O4Si. The fraction of sp³-hybridized carbons (Fsp3) is 0.800. The average molecular weight is 233 g/mol. The van der Waals surface area contributed by atoms with E-state index in [0.29, 0.717) is 0 Å². The molecule has 0 aromatic heterocycles. The molecule has 0 aliphatic rings. The normalized spacial score (nSPS) is 15.0. The van der Waals surface area contributed by atoms with Gasteiger partial charge in [-0.25, -0.2) is 0 Å². The summed E-state index contributed by atoms with van der Waals surface area (Å²) in [5, 5.41) is 0. The van der Waals surface area contributed by atoms with E-state index in [1.807, 2.05) is 6.92 Å². The van der Waals surface area contributed by atoms with Gasteiger partial charge in [0.1, 0.15) is 0 Å². The third-order valence-electron chi connectivity index (χ3n) is 1.98. The van der Waals surface area contributed by atoms with Crippen LogP contribution in [0.3, 0.4) is 0 Å². The lowest BCUT2D eigenvalue weighted by Crippen LogP contribution is -2.29. The molecule has 0 aliphatic carbocycles. The van der Waals surface area contributed by atoms with E-state index in [-0.39, 0.29) is 12.4 Å². The Bertz CT molecular complexity index is 162. The molecule has 89 valence electrons. The molecule has 15 heavy (non-hydrogen) atoms. The first-order valence-corrected chi connectivity index (χ1v) is 6.55. The van der Waals surface area contributed by atoms with E-state index in [0.717, 1.165) is 12.5 Å². The Labute approximate surface area is 94.0 Å². The average Bonchev–Trinajstić information content (AvgIpc) is 2.24. The van der Waals surface area contributed by atoms with Crippen molar-refractivity contribution in [1.29, 1.82) is 0 Å². The highest BCUT2D eigenvalue weighted by Crippen LogP contribution is 2.12. The zero-order chi connectivity index (χ0) is 11.7. The predicted molar refractivity (Wildman–Crippen MR) is 60.5 cm³/mol. The van der Waals surface area contributed by atoms with Gasteiger partial charge in [0, 0.05) is 20.3 Å². The Morgan fingerprint density at radius 2 is 1.93 bits per heavy atom. The molecule has 0 heterocycles. The summed E-state index contributed by atoms with van der Waals surface area (Å²) in [6.45, 7) is 7.39. The summed E-state index contributed by atoms with van der Waals surface area (Å²) >= 11 is 0. The minimum absolute atomic E-state index is 0.105. The summed E-state index contributed by atoms with van der Waals surface area (Å²) in [4.78, 5) is 0. The third-order valence-corrected chi connectivity index (χ3v) is 3.68. The van der Waals surface area contributed by atoms with Crippen molar-refractivity contribution in [3.05, 3.63) is 12.8 Å². The number of ether oxygens (including phenoxy) is 2. The van der Waals surface area contributed by atoms with Gasteiger partial charge in [0.15, 0.2) is 6.29 Å². The van der Waals surface area contributed by atoms with E-state index in [1.54, 1.807) is 14.2 Å². The van der Waals surface area contributed by atoms with Crippen molar-refractivity contribution in [2.75, 3.05) is 14.2 Å². The van der Waals surface area contributed by atoms with Crippen molar-refractivity contribution in [2.45, 2.75) is 38.7 Å². The van der Waals surface area contributed by atoms with Crippen LogP contribution in [0, 0.1) is 0 Å². The van der Waals surface area contributed by atoms with Gasteiger partial charge in [0.05, 0.1) is 12.4 Å². The minimum Gasteiger partial charge on any atom is -0.473 e. The van der Waals surface area contributed by atoms with E-state index < -0.39 is 9.28 Å². The molecule has 5 heteroatoms. The fourth-order valence-electron chi connectivity index (χ4n) is 1.16. The molecule has 0 bridgehead atoms. The molecule has 2 atom stereocenters. The monoisotopic (exact) mass is 233 g/mol. The first-order valence-electron chi connectivity index (χ1n) is 5.03. The lowest BCUT2D eigenvalue weighted by Gasteiger charge is -2.22. The van der Waals surface area contributed by atoms with Crippen LogP contribution in [0.15, 0.2) is 12.8 Å². The molecule has 2 unspecified atom stereocenters. The van der Waals surface area contributed by atoms with Crippen LogP contribution >= 0.6 is 0 Å². The lowest BCUT2D eigenvalue weighted by atomic mass is 10.3. The van der Waals surface area contributed by atoms with Crippen LogP contribution < -0.4 is 0 Å². The molecule has 4 nitrogen and oxygen atoms in total. The molecule has 0 aromatic rings. The second-order valence-electron chi connectivity index (χ2n) is 3.02. The first-order chi connectivity index (χ1) is 7.17. The van der Waals surface area contributed by atoms with E-state index in [4.69, 9.17) is 18.3 Å². The number of hydrogen-bond donors (Lipinski definition) is 0. The maximum atomic E-state index is 5.65. The van der Waals surface area contributed by atoms with Crippen molar-refractivity contribution in [3.63, 3.8) is 0 Å². The zero-order valence-corrected chi connectivity index (χ0v) is 11.0. The van der Waals surface area contributed by atoms with Gasteiger partial charge in [-0.2, -0.15) is 0 Å². The first kappa shape index (κ1) is 14.6. The Hall–Kier alpha value is -0.363. The van der Waals surface area contributed by atoms with Crippen molar-refractivity contribution < 1.29 is 18.3 Å². The van der Waals surface area contributed by atoms with E-state index in [2.05, 4.69) is 13.5 Å². The summed E-state index contributed by atoms with van der Waals surface area (Å²) in [6.07, 6.45) is 2.12. The molecule has 0 saturated carbocycles. The molecule has 0 aromatic carbocycles. The smallest absolute Gasteiger partial charge is 0.386 e. The molecule has 1 radical (unpaired) electrons. The predicted octanol–water partition coefficient (Wildman–Crippen LogP) is 2.07. The zero-order valence-electron chi connectivity index (χ0n) is 9.99. The largest absolute Gasteiger partial charge is 0.473 e. The molecular weight excluding hydrogens is 212 g/mol. The van der Waals surface area contributed by atoms with Gasteiger partial charge in [0.25, 0.3) is 0 Å². The van der Waals surface area contributed by atoms with Gasteiger partial charge in [0.2, 0.25) is 0 Å². The van der Waals surface area contributed by atoms with Crippen LogP contribution in [0.1, 0.15) is 20.3 Å². The Morgan fingerprint density at radius 3 is 2.33 bits per heavy atom. The lowest BCUT2D eigenvalue weighted by molar-refractivity contribution is -0.125. The summed E-state index contributed by atoms with van der Waals surface area (Å²) in [7, 11) is 2.12. The van der Waals surface area contributed by atoms with Gasteiger partial charge in [-0.1, -0.05) is 13.5 Å². The van der Waals surface area contributed by atoms with Gasteiger partial charge in [-0.3, -0.25) is 0 Å². The highest BCUT2D eigenvalue weighted by Gasteiger charge is 2.21. The highest BCUT2D eigenvalue weighted by atomic mass is 28.3. The molecule has 0 rings (SSSR count). The van der Waals surface area contributed by atoms with Crippen molar-refractivity contribution >= 4 is 9.28 Å². The third kappa shape index (κ3) is 6.67. The van der Waals surface area contributed by atoms with Crippen LogP contribution in [0.2, 0.25) is 6.04 Å². The molecule has 0 saturated heterocycles. The van der Waals surface area contributed by atoms with Crippen molar-refractivity contribution in [1.82, 2.24) is 0 Å². The Kier molecular flexibility index (Phi) is 8.69. The van der Waals surface area contributed by atoms with Gasteiger partial charge in [-0.05, 0) is 13.3 Å². The van der Waals surface area contributed by atoms with Crippen LogP contribution in [-0.2, 0) is 18.3 Å². The summed E-state index contributed by atoms with van der Waals surface area (Å²) in [5.41, 5.74) is 0. The SMILES string of the molecule is C=COC(C)OC(CC)C[Si](OC)OC. The maximum absolute atomic E-state index is 5.65. The van der Waals surface area contributed by atoms with Crippen LogP contribution in [0.5, 0.6) is 0 Å². The molecule has 0 spiro atoms. The van der Waals surface area contributed by atoms with Crippen LogP contribution in [0.25, 0.3) is 0 Å². The summed E-state index contributed by atoms with van der Waals surface area (Å²) in [5.74, 6) is 0. The second-order valence-corrected chi connectivity index (χ2v) is 4.99. The quantitative estimate of drug-likeness (QED) is 0.347. The summed E-state index contributed by atoms with van der Waals surface area (Å²) < 4.78 is 21.2. The van der Waals surface area contributed by atoms with E-state index in [9.17, 15) is 0 Å². The van der Waals surface area contributed by atoms with Crippen molar-refractivity contribution in [3.8, 4) is 0 Å². The fourth-order valence-corrected chi connectivity index (χ4v) is 2.42.